The van der Waals surface area contributed by atoms with Crippen LogP contribution in [0.15, 0.2) is 72.8 Å². The molecule has 3 aromatic carbocycles. The number of carboxylic acids is 1. The van der Waals surface area contributed by atoms with Gasteiger partial charge in [-0.25, -0.2) is 4.79 Å². The summed E-state index contributed by atoms with van der Waals surface area (Å²) in [4.78, 5) is 52.2. The molecule has 1 aliphatic rings. The topological polar surface area (TPSA) is 91.8 Å². The lowest BCUT2D eigenvalue weighted by Gasteiger charge is -2.26. The van der Waals surface area contributed by atoms with Crippen molar-refractivity contribution >= 4 is 45.3 Å². The number of hydrogen-bond donors (Lipinski definition) is 1. The Hall–Kier alpha value is -3.45. The van der Waals surface area contributed by atoms with Crippen molar-refractivity contribution in [2.45, 2.75) is 30.6 Å². The summed E-state index contributed by atoms with van der Waals surface area (Å²) in [5, 5.41) is 10.1. The van der Waals surface area contributed by atoms with E-state index in [1.807, 2.05) is 30.3 Å². The maximum atomic E-state index is 13.3. The number of ketones is 1. The lowest BCUT2D eigenvalue weighted by atomic mass is 10.0. The Morgan fingerprint density at radius 1 is 0.909 bits per heavy atom. The number of carbonyl (C=O) groups excluding carboxylic acids is 3. The van der Waals surface area contributed by atoms with Crippen LogP contribution in [-0.4, -0.2) is 50.6 Å². The molecule has 0 spiro atoms. The zero-order chi connectivity index (χ0) is 23.4. The van der Waals surface area contributed by atoms with Gasteiger partial charge in [0.05, 0.1) is 5.25 Å². The Balaban J connectivity index is 1.59. The summed E-state index contributed by atoms with van der Waals surface area (Å²) in [6.45, 7) is 0.302. The molecule has 0 radical (unpaired) electrons. The standard InChI is InChI=1S/C26H23NO5S/c28-22(20-13-12-17-7-4-5-10-19(17)15-20)16-23(33-26(32)18-8-2-1-3-9-18)24(29)27-14-6-11-21(27)25(30)31/h1-5,7-10,12-13,15,21,23H,6,11,14,16H2,(H,30,31)/t21-,23?/m0/s1. The van der Waals surface area contributed by atoms with Gasteiger partial charge in [-0.2, -0.15) is 0 Å². The van der Waals surface area contributed by atoms with Crippen molar-refractivity contribution < 1.29 is 24.3 Å². The predicted molar refractivity (Wildman–Crippen MR) is 127 cm³/mol. The number of likely N-dealkylation sites (tertiary alicyclic amines) is 1. The number of hydrogen-bond acceptors (Lipinski definition) is 5. The first-order chi connectivity index (χ1) is 15.9. The zero-order valence-electron chi connectivity index (χ0n) is 17.8. The number of rotatable bonds is 7. The minimum absolute atomic E-state index is 0.191. The molecule has 7 heteroatoms. The fraction of sp³-hybridized carbons (Fsp3) is 0.231. The summed E-state index contributed by atoms with van der Waals surface area (Å²) in [7, 11) is 0. The fourth-order valence-corrected chi connectivity index (χ4v) is 5.07. The maximum Gasteiger partial charge on any atom is 0.326 e. The predicted octanol–water partition coefficient (Wildman–Crippen LogP) is 4.43. The summed E-state index contributed by atoms with van der Waals surface area (Å²) in [5.74, 6) is -1.82. The highest BCUT2D eigenvalue weighted by molar-refractivity contribution is 8.15. The molecular weight excluding hydrogens is 438 g/mol. The first kappa shape index (κ1) is 22.7. The minimum Gasteiger partial charge on any atom is -0.480 e. The van der Waals surface area contributed by atoms with E-state index in [2.05, 4.69) is 0 Å². The molecule has 0 aromatic heterocycles. The fourth-order valence-electron chi connectivity index (χ4n) is 4.07. The van der Waals surface area contributed by atoms with Crippen LogP contribution in [0, 0.1) is 0 Å². The van der Waals surface area contributed by atoms with E-state index >= 15 is 0 Å². The normalized spacial score (nSPS) is 16.5. The highest BCUT2D eigenvalue weighted by atomic mass is 32.2. The third kappa shape index (κ3) is 5.14. The molecule has 0 saturated carbocycles. The van der Waals surface area contributed by atoms with E-state index in [4.69, 9.17) is 0 Å². The number of Topliss-reactive ketones (excluding diaryl/α,β-unsaturated/α-hetero) is 1. The number of carboxylic acid groups (broad SMARTS) is 1. The number of benzene rings is 3. The molecule has 4 rings (SSSR count). The molecule has 3 aromatic rings. The van der Waals surface area contributed by atoms with Crippen molar-refractivity contribution in [2.24, 2.45) is 0 Å². The van der Waals surface area contributed by atoms with Gasteiger partial charge in [0.25, 0.3) is 0 Å². The van der Waals surface area contributed by atoms with Crippen LogP contribution in [0.2, 0.25) is 0 Å². The molecule has 1 heterocycles. The van der Waals surface area contributed by atoms with Crippen LogP contribution in [0.4, 0.5) is 0 Å². The molecule has 1 amide bonds. The van der Waals surface area contributed by atoms with E-state index in [1.54, 1.807) is 42.5 Å². The first-order valence-electron chi connectivity index (χ1n) is 10.8. The number of amides is 1. The van der Waals surface area contributed by atoms with Crippen LogP contribution in [0.5, 0.6) is 0 Å². The Labute approximate surface area is 195 Å². The van der Waals surface area contributed by atoms with E-state index in [1.165, 1.54) is 4.90 Å². The van der Waals surface area contributed by atoms with Crippen LogP contribution in [-0.2, 0) is 9.59 Å². The van der Waals surface area contributed by atoms with Crippen LogP contribution in [0.1, 0.15) is 40.0 Å². The van der Waals surface area contributed by atoms with Gasteiger partial charge in [-0.15, -0.1) is 0 Å². The van der Waals surface area contributed by atoms with Crippen molar-refractivity contribution in [1.82, 2.24) is 4.90 Å². The van der Waals surface area contributed by atoms with Gasteiger partial charge in [0.2, 0.25) is 11.0 Å². The molecule has 168 valence electrons. The summed E-state index contributed by atoms with van der Waals surface area (Å²) in [6, 6.07) is 20.6. The highest BCUT2D eigenvalue weighted by Crippen LogP contribution is 2.28. The number of fused-ring (bicyclic) bond motifs is 1. The van der Waals surface area contributed by atoms with Gasteiger partial charge in [-0.1, -0.05) is 78.5 Å². The summed E-state index contributed by atoms with van der Waals surface area (Å²) < 4.78 is 0. The van der Waals surface area contributed by atoms with E-state index in [-0.39, 0.29) is 17.3 Å². The van der Waals surface area contributed by atoms with Crippen molar-refractivity contribution in [3.63, 3.8) is 0 Å². The lowest BCUT2D eigenvalue weighted by molar-refractivity contribution is -0.147. The molecule has 1 fully saturated rings. The largest absolute Gasteiger partial charge is 0.480 e. The van der Waals surface area contributed by atoms with E-state index < -0.39 is 23.2 Å². The molecule has 1 unspecified atom stereocenters. The molecule has 0 bridgehead atoms. The number of thioether (sulfide) groups is 1. The SMILES string of the molecule is O=C(CC(SC(=O)c1ccccc1)C(=O)N1CCC[C@H]1C(=O)O)c1ccc2ccccc2c1. The monoisotopic (exact) mass is 461 g/mol. The second-order valence-electron chi connectivity index (χ2n) is 7.98. The van der Waals surface area contributed by atoms with Gasteiger partial charge in [-0.05, 0) is 29.7 Å². The highest BCUT2D eigenvalue weighted by Gasteiger charge is 2.39. The molecule has 1 saturated heterocycles. The lowest BCUT2D eigenvalue weighted by Crippen LogP contribution is -2.45. The average Bonchev–Trinajstić information content (AvgIpc) is 3.33. The van der Waals surface area contributed by atoms with Crippen LogP contribution < -0.4 is 0 Å². The molecule has 2 atom stereocenters. The van der Waals surface area contributed by atoms with Gasteiger partial charge in [0.15, 0.2) is 5.78 Å². The van der Waals surface area contributed by atoms with Gasteiger partial charge in [-0.3, -0.25) is 14.4 Å². The van der Waals surface area contributed by atoms with Crippen molar-refractivity contribution in [3.05, 3.63) is 83.9 Å². The molecule has 1 aliphatic heterocycles. The molecule has 33 heavy (non-hydrogen) atoms. The van der Waals surface area contributed by atoms with Gasteiger partial charge in [0.1, 0.15) is 6.04 Å². The molecule has 6 nitrogen and oxygen atoms in total. The Kier molecular flexibility index (Phi) is 6.89. The third-order valence-electron chi connectivity index (χ3n) is 5.80. The van der Waals surface area contributed by atoms with Crippen LogP contribution in [0.25, 0.3) is 10.8 Å². The summed E-state index contributed by atoms with van der Waals surface area (Å²) in [6.07, 6.45) is 0.748. The zero-order valence-corrected chi connectivity index (χ0v) is 18.7. The second-order valence-corrected chi connectivity index (χ2v) is 9.15. The summed E-state index contributed by atoms with van der Waals surface area (Å²) in [5.41, 5.74) is 0.880. The van der Waals surface area contributed by atoms with E-state index in [0.717, 1.165) is 22.5 Å². The van der Waals surface area contributed by atoms with Crippen molar-refractivity contribution in [1.29, 1.82) is 0 Å². The Morgan fingerprint density at radius 3 is 2.33 bits per heavy atom. The smallest absolute Gasteiger partial charge is 0.326 e. The number of carbonyl (C=O) groups is 4. The van der Waals surface area contributed by atoms with E-state index in [0.29, 0.717) is 30.5 Å². The Morgan fingerprint density at radius 2 is 1.61 bits per heavy atom. The molecular formula is C26H23NO5S. The van der Waals surface area contributed by atoms with Crippen LogP contribution in [0.3, 0.4) is 0 Å². The maximum absolute atomic E-state index is 13.3. The van der Waals surface area contributed by atoms with Gasteiger partial charge in [0, 0.05) is 24.1 Å². The number of nitrogens with zero attached hydrogens (tertiary/aromatic N) is 1. The average molecular weight is 462 g/mol. The quantitative estimate of drug-likeness (QED) is 0.524. The second kappa shape index (κ2) is 10.0. The third-order valence-corrected chi connectivity index (χ3v) is 6.90. The minimum atomic E-state index is -1.07. The van der Waals surface area contributed by atoms with Gasteiger partial charge < -0.3 is 10.0 Å². The Bertz CT molecular complexity index is 1210. The van der Waals surface area contributed by atoms with E-state index in [9.17, 15) is 24.3 Å². The number of aliphatic carboxylic acids is 1. The first-order valence-corrected chi connectivity index (χ1v) is 11.6. The summed E-state index contributed by atoms with van der Waals surface area (Å²) >= 11 is 0.789. The van der Waals surface area contributed by atoms with Crippen molar-refractivity contribution in [2.75, 3.05) is 6.54 Å². The molecule has 0 aliphatic carbocycles. The van der Waals surface area contributed by atoms with Gasteiger partial charge >= 0.3 is 5.97 Å². The van der Waals surface area contributed by atoms with Crippen molar-refractivity contribution in [3.8, 4) is 0 Å². The molecule has 1 N–H and O–H groups in total. The van der Waals surface area contributed by atoms with Crippen LogP contribution >= 0.6 is 11.8 Å².